The van der Waals surface area contributed by atoms with E-state index in [0.717, 1.165) is 10.8 Å². The zero-order chi connectivity index (χ0) is 13.3. The molecule has 5 heteroatoms. The highest BCUT2D eigenvalue weighted by Crippen LogP contribution is 2.21. The maximum atomic E-state index is 12.0. The van der Waals surface area contributed by atoms with Crippen LogP contribution in [0.4, 0.5) is 5.69 Å². The normalized spacial score (nSPS) is 12.2. The Labute approximate surface area is 107 Å². The van der Waals surface area contributed by atoms with E-state index in [1.54, 1.807) is 38.1 Å². The molecule has 0 saturated heterocycles. The lowest BCUT2D eigenvalue weighted by atomic mass is 10.1. The van der Waals surface area contributed by atoms with Crippen LogP contribution in [-0.4, -0.2) is 14.5 Å². The second kappa shape index (κ2) is 4.59. The fourth-order valence-electron chi connectivity index (χ4n) is 1.79. The Bertz CT molecular complexity index is 678. The summed E-state index contributed by atoms with van der Waals surface area (Å²) in [6.45, 7) is 3.58. The maximum Gasteiger partial charge on any atom is 0.240 e. The lowest BCUT2D eigenvalue weighted by molar-refractivity contribution is 0.570. The Morgan fingerprint density at radius 3 is 2.33 bits per heavy atom. The minimum Gasteiger partial charge on any atom is -0.399 e. The largest absolute Gasteiger partial charge is 0.399 e. The highest BCUT2D eigenvalue weighted by Gasteiger charge is 2.15. The van der Waals surface area contributed by atoms with Crippen molar-refractivity contribution in [2.75, 3.05) is 5.73 Å². The zero-order valence-corrected chi connectivity index (χ0v) is 11.2. The van der Waals surface area contributed by atoms with Crippen molar-refractivity contribution in [3.05, 3.63) is 36.4 Å². The summed E-state index contributed by atoms with van der Waals surface area (Å²) < 4.78 is 26.6. The van der Waals surface area contributed by atoms with Crippen LogP contribution in [-0.2, 0) is 10.0 Å². The Kier molecular flexibility index (Phi) is 3.28. The van der Waals surface area contributed by atoms with E-state index in [4.69, 9.17) is 5.73 Å². The van der Waals surface area contributed by atoms with Crippen molar-refractivity contribution in [2.45, 2.75) is 24.8 Å². The van der Waals surface area contributed by atoms with Crippen LogP contribution in [0.3, 0.4) is 0 Å². The second-order valence-corrected chi connectivity index (χ2v) is 6.26. The summed E-state index contributed by atoms with van der Waals surface area (Å²) >= 11 is 0. The van der Waals surface area contributed by atoms with Gasteiger partial charge in [-0.15, -0.1) is 0 Å². The smallest absolute Gasteiger partial charge is 0.240 e. The van der Waals surface area contributed by atoms with E-state index >= 15 is 0 Å². The molecule has 0 aliphatic rings. The van der Waals surface area contributed by atoms with Crippen molar-refractivity contribution in [1.82, 2.24) is 4.72 Å². The monoisotopic (exact) mass is 264 g/mol. The van der Waals surface area contributed by atoms with Crippen molar-refractivity contribution < 1.29 is 8.42 Å². The van der Waals surface area contributed by atoms with Crippen molar-refractivity contribution in [3.8, 4) is 0 Å². The van der Waals surface area contributed by atoms with Gasteiger partial charge in [-0.05, 0) is 48.9 Å². The standard InChI is InChI=1S/C13H16N2O2S/c1-9(2)15-18(16,17)13-6-4-10-7-12(14)5-3-11(10)8-13/h3-9,15H,14H2,1-2H3. The number of anilines is 1. The first-order valence-corrected chi connectivity index (χ1v) is 7.18. The number of nitrogens with one attached hydrogen (secondary N) is 1. The van der Waals surface area contributed by atoms with E-state index in [1.165, 1.54) is 0 Å². The average Bonchev–Trinajstić information content (AvgIpc) is 2.26. The first-order valence-electron chi connectivity index (χ1n) is 5.70. The van der Waals surface area contributed by atoms with Gasteiger partial charge in [-0.2, -0.15) is 0 Å². The quantitative estimate of drug-likeness (QED) is 0.834. The molecule has 2 aromatic rings. The molecule has 0 spiro atoms. The van der Waals surface area contributed by atoms with Gasteiger partial charge in [0.05, 0.1) is 4.90 Å². The maximum absolute atomic E-state index is 12.0. The number of hydrogen-bond donors (Lipinski definition) is 2. The summed E-state index contributed by atoms with van der Waals surface area (Å²) in [7, 11) is -3.44. The van der Waals surface area contributed by atoms with Crippen LogP contribution in [0.25, 0.3) is 10.8 Å². The first kappa shape index (κ1) is 12.9. The van der Waals surface area contributed by atoms with E-state index in [0.29, 0.717) is 5.69 Å². The lowest BCUT2D eigenvalue weighted by Crippen LogP contribution is -2.30. The third-order valence-electron chi connectivity index (χ3n) is 2.54. The Hall–Kier alpha value is -1.59. The second-order valence-electron chi connectivity index (χ2n) is 4.54. The van der Waals surface area contributed by atoms with E-state index in [-0.39, 0.29) is 10.9 Å². The van der Waals surface area contributed by atoms with Crippen LogP contribution in [0.15, 0.2) is 41.3 Å². The van der Waals surface area contributed by atoms with Crippen LogP contribution in [0, 0.1) is 0 Å². The number of rotatable bonds is 3. The predicted molar refractivity (Wildman–Crippen MR) is 73.8 cm³/mol. The number of fused-ring (bicyclic) bond motifs is 1. The molecule has 0 radical (unpaired) electrons. The van der Waals surface area contributed by atoms with Crippen LogP contribution < -0.4 is 10.5 Å². The third kappa shape index (κ3) is 2.63. The van der Waals surface area contributed by atoms with Gasteiger partial charge in [0, 0.05) is 11.7 Å². The minimum absolute atomic E-state index is 0.128. The van der Waals surface area contributed by atoms with Gasteiger partial charge in [-0.1, -0.05) is 12.1 Å². The number of sulfonamides is 1. The fourth-order valence-corrected chi connectivity index (χ4v) is 3.07. The molecule has 0 heterocycles. The number of hydrogen-bond acceptors (Lipinski definition) is 3. The van der Waals surface area contributed by atoms with E-state index in [2.05, 4.69) is 4.72 Å². The predicted octanol–water partition coefficient (Wildman–Crippen LogP) is 2.11. The molecule has 0 saturated carbocycles. The van der Waals surface area contributed by atoms with Gasteiger partial charge in [0.15, 0.2) is 0 Å². The molecule has 0 bridgehead atoms. The first-order chi connectivity index (χ1) is 8.38. The molecule has 18 heavy (non-hydrogen) atoms. The molecule has 0 aromatic heterocycles. The SMILES string of the molecule is CC(C)NS(=O)(=O)c1ccc2cc(N)ccc2c1. The Balaban J connectivity index is 2.51. The Morgan fingerprint density at radius 2 is 1.67 bits per heavy atom. The highest BCUT2D eigenvalue weighted by atomic mass is 32.2. The molecule has 2 rings (SSSR count). The molecular formula is C13H16N2O2S. The van der Waals surface area contributed by atoms with Gasteiger partial charge in [-0.25, -0.2) is 13.1 Å². The highest BCUT2D eigenvalue weighted by molar-refractivity contribution is 7.89. The van der Waals surface area contributed by atoms with Crippen molar-refractivity contribution in [1.29, 1.82) is 0 Å². The lowest BCUT2D eigenvalue weighted by Gasteiger charge is -2.10. The molecule has 3 N–H and O–H groups in total. The number of benzene rings is 2. The Morgan fingerprint density at radius 1 is 1.06 bits per heavy atom. The summed E-state index contributed by atoms with van der Waals surface area (Å²) in [5.74, 6) is 0. The van der Waals surface area contributed by atoms with Gasteiger partial charge in [-0.3, -0.25) is 0 Å². The molecule has 0 aliphatic carbocycles. The van der Waals surface area contributed by atoms with Gasteiger partial charge < -0.3 is 5.73 Å². The summed E-state index contributed by atoms with van der Waals surface area (Å²) in [5, 5.41) is 1.79. The molecule has 96 valence electrons. The molecule has 0 fully saturated rings. The van der Waals surface area contributed by atoms with Gasteiger partial charge >= 0.3 is 0 Å². The van der Waals surface area contributed by atoms with Gasteiger partial charge in [0.1, 0.15) is 0 Å². The van der Waals surface area contributed by atoms with Gasteiger partial charge in [0.25, 0.3) is 0 Å². The number of nitrogen functional groups attached to an aromatic ring is 1. The summed E-state index contributed by atoms with van der Waals surface area (Å²) in [4.78, 5) is 0.272. The molecular weight excluding hydrogens is 248 g/mol. The van der Waals surface area contributed by atoms with Crippen molar-refractivity contribution >= 4 is 26.5 Å². The van der Waals surface area contributed by atoms with E-state index in [9.17, 15) is 8.42 Å². The summed E-state index contributed by atoms with van der Waals surface area (Å²) in [6, 6.07) is 10.3. The topological polar surface area (TPSA) is 72.2 Å². The average molecular weight is 264 g/mol. The third-order valence-corrected chi connectivity index (χ3v) is 4.19. The molecule has 0 unspecified atom stereocenters. The van der Waals surface area contributed by atoms with E-state index in [1.807, 2.05) is 12.1 Å². The molecule has 2 aromatic carbocycles. The van der Waals surface area contributed by atoms with Crippen LogP contribution in [0.5, 0.6) is 0 Å². The van der Waals surface area contributed by atoms with Crippen LogP contribution >= 0.6 is 0 Å². The zero-order valence-electron chi connectivity index (χ0n) is 10.3. The molecule has 0 atom stereocenters. The van der Waals surface area contributed by atoms with Crippen molar-refractivity contribution in [2.24, 2.45) is 0 Å². The molecule has 0 aliphatic heterocycles. The van der Waals surface area contributed by atoms with Crippen LogP contribution in [0.1, 0.15) is 13.8 Å². The van der Waals surface area contributed by atoms with Gasteiger partial charge in [0.2, 0.25) is 10.0 Å². The fraction of sp³-hybridized carbons (Fsp3) is 0.231. The summed E-state index contributed by atoms with van der Waals surface area (Å²) in [5.41, 5.74) is 6.35. The van der Waals surface area contributed by atoms with Crippen LogP contribution in [0.2, 0.25) is 0 Å². The summed E-state index contributed by atoms with van der Waals surface area (Å²) in [6.07, 6.45) is 0. The molecule has 4 nitrogen and oxygen atoms in total. The van der Waals surface area contributed by atoms with E-state index < -0.39 is 10.0 Å². The minimum atomic E-state index is -3.44. The number of nitrogens with two attached hydrogens (primary N) is 1. The van der Waals surface area contributed by atoms with Crippen molar-refractivity contribution in [3.63, 3.8) is 0 Å². The molecule has 0 amide bonds.